The highest BCUT2D eigenvalue weighted by molar-refractivity contribution is 6.54. The van der Waals surface area contributed by atoms with Crippen molar-refractivity contribution >= 4 is 7.12 Å². The van der Waals surface area contributed by atoms with Gasteiger partial charge in [-0.3, -0.25) is 0 Å². The van der Waals surface area contributed by atoms with Gasteiger partial charge in [-0.15, -0.1) is 0 Å². The maximum atomic E-state index is 6.03. The number of hydrogen-bond donors (Lipinski definition) is 0. The summed E-state index contributed by atoms with van der Waals surface area (Å²) >= 11 is 0. The van der Waals surface area contributed by atoms with Crippen LogP contribution < -0.4 is 0 Å². The van der Waals surface area contributed by atoms with Crippen molar-refractivity contribution in [2.75, 3.05) is 0 Å². The molecule has 1 fully saturated rings. The van der Waals surface area contributed by atoms with Gasteiger partial charge >= 0.3 is 7.12 Å². The van der Waals surface area contributed by atoms with E-state index in [0.717, 1.165) is 12.8 Å². The van der Waals surface area contributed by atoms with Crippen LogP contribution in [0.5, 0.6) is 0 Å². The van der Waals surface area contributed by atoms with E-state index in [0.29, 0.717) is 0 Å². The maximum Gasteiger partial charge on any atom is 0.490 e. The van der Waals surface area contributed by atoms with Gasteiger partial charge in [0.15, 0.2) is 0 Å². The monoisotopic (exact) mass is 220 g/mol. The van der Waals surface area contributed by atoms with Crippen molar-refractivity contribution in [1.82, 2.24) is 0 Å². The summed E-state index contributed by atoms with van der Waals surface area (Å²) in [5.74, 6) is 0. The molecule has 88 valence electrons. The summed E-state index contributed by atoms with van der Waals surface area (Å²) in [6.07, 6.45) is 9.89. The summed E-state index contributed by atoms with van der Waals surface area (Å²) in [4.78, 5) is 0. The van der Waals surface area contributed by atoms with Gasteiger partial charge in [0.2, 0.25) is 0 Å². The van der Waals surface area contributed by atoms with Crippen LogP contribution in [0.15, 0.2) is 23.7 Å². The molecule has 3 heteroatoms. The van der Waals surface area contributed by atoms with Gasteiger partial charge in [-0.25, -0.2) is 0 Å². The smallest absolute Gasteiger partial charge is 0.400 e. The van der Waals surface area contributed by atoms with Crippen molar-refractivity contribution in [2.24, 2.45) is 0 Å². The van der Waals surface area contributed by atoms with Crippen molar-refractivity contribution in [3.8, 4) is 0 Å². The van der Waals surface area contributed by atoms with Gasteiger partial charge in [0.25, 0.3) is 0 Å². The second-order valence-electron chi connectivity index (χ2n) is 5.65. The Labute approximate surface area is 98.8 Å². The average Bonchev–Trinajstić information content (AvgIpc) is 2.42. The molecule has 0 aromatic heterocycles. The topological polar surface area (TPSA) is 18.5 Å². The molecule has 1 saturated heterocycles. The van der Waals surface area contributed by atoms with Crippen LogP contribution in [0.1, 0.15) is 47.0 Å². The van der Waals surface area contributed by atoms with E-state index in [4.69, 9.17) is 9.31 Å². The van der Waals surface area contributed by atoms with E-state index in [9.17, 15) is 0 Å². The lowest BCUT2D eigenvalue weighted by Gasteiger charge is -2.32. The first kappa shape index (κ1) is 11.9. The van der Waals surface area contributed by atoms with Crippen molar-refractivity contribution in [3.05, 3.63) is 23.7 Å². The van der Waals surface area contributed by atoms with Crippen molar-refractivity contribution in [2.45, 2.75) is 58.2 Å². The molecule has 0 aromatic rings. The maximum absolute atomic E-state index is 6.03. The third kappa shape index (κ3) is 2.11. The summed E-state index contributed by atoms with van der Waals surface area (Å²) in [5, 5.41) is 0. The van der Waals surface area contributed by atoms with Gasteiger partial charge in [-0.05, 0) is 52.4 Å². The highest BCUT2D eigenvalue weighted by Gasteiger charge is 2.52. The Bertz CT molecular complexity index is 313. The lowest BCUT2D eigenvalue weighted by atomic mass is 9.75. The van der Waals surface area contributed by atoms with E-state index < -0.39 is 0 Å². The van der Waals surface area contributed by atoms with Crippen LogP contribution in [0.25, 0.3) is 0 Å². The highest BCUT2D eigenvalue weighted by Crippen LogP contribution is 2.39. The SMILES string of the molecule is CC1(C)OB(C2=CC=CCCC2)OC1(C)C. The van der Waals surface area contributed by atoms with Gasteiger partial charge in [-0.2, -0.15) is 0 Å². The molecule has 0 amide bonds. The van der Waals surface area contributed by atoms with Crippen LogP contribution >= 0.6 is 0 Å². The largest absolute Gasteiger partial charge is 0.490 e. The van der Waals surface area contributed by atoms with Gasteiger partial charge < -0.3 is 9.31 Å². The van der Waals surface area contributed by atoms with Crippen LogP contribution in [-0.4, -0.2) is 18.3 Å². The Morgan fingerprint density at radius 2 is 1.75 bits per heavy atom. The lowest BCUT2D eigenvalue weighted by Crippen LogP contribution is -2.41. The van der Waals surface area contributed by atoms with E-state index in [1.807, 2.05) is 0 Å². The van der Waals surface area contributed by atoms with Crippen molar-refractivity contribution in [3.63, 3.8) is 0 Å². The Morgan fingerprint density at radius 1 is 1.12 bits per heavy atom. The van der Waals surface area contributed by atoms with Crippen LogP contribution in [0, 0.1) is 0 Å². The van der Waals surface area contributed by atoms with Crippen molar-refractivity contribution in [1.29, 1.82) is 0 Å². The predicted molar refractivity (Wildman–Crippen MR) is 67.2 cm³/mol. The molecule has 1 aliphatic carbocycles. The molecule has 1 heterocycles. The number of hydrogen-bond acceptors (Lipinski definition) is 2. The van der Waals surface area contributed by atoms with E-state index in [2.05, 4.69) is 45.9 Å². The zero-order chi connectivity index (χ0) is 11.8. The molecule has 0 aromatic carbocycles. The summed E-state index contributed by atoms with van der Waals surface area (Å²) in [6, 6.07) is 0. The summed E-state index contributed by atoms with van der Waals surface area (Å²) in [6.45, 7) is 8.39. The first-order valence-electron chi connectivity index (χ1n) is 6.14. The average molecular weight is 220 g/mol. The fourth-order valence-electron chi connectivity index (χ4n) is 1.99. The molecule has 0 N–H and O–H groups in total. The van der Waals surface area contributed by atoms with Crippen molar-refractivity contribution < 1.29 is 9.31 Å². The van der Waals surface area contributed by atoms with Crippen LogP contribution in [0.4, 0.5) is 0 Å². The van der Waals surface area contributed by atoms with E-state index in [-0.39, 0.29) is 18.3 Å². The number of allylic oxidation sites excluding steroid dienone is 4. The molecule has 0 atom stereocenters. The summed E-state index contributed by atoms with van der Waals surface area (Å²) < 4.78 is 12.1. The zero-order valence-corrected chi connectivity index (χ0v) is 10.7. The second-order valence-corrected chi connectivity index (χ2v) is 5.65. The molecule has 0 radical (unpaired) electrons. The first-order valence-corrected chi connectivity index (χ1v) is 6.14. The first-order chi connectivity index (χ1) is 7.42. The van der Waals surface area contributed by atoms with E-state index in [1.165, 1.54) is 11.9 Å². The third-order valence-corrected chi connectivity index (χ3v) is 3.84. The molecule has 0 spiro atoms. The summed E-state index contributed by atoms with van der Waals surface area (Å²) in [7, 11) is -0.159. The Hall–Kier alpha value is -0.535. The molecule has 2 nitrogen and oxygen atoms in total. The fraction of sp³-hybridized carbons (Fsp3) is 0.692. The minimum atomic E-state index is -0.228. The number of rotatable bonds is 1. The molecule has 16 heavy (non-hydrogen) atoms. The third-order valence-electron chi connectivity index (χ3n) is 3.84. The summed E-state index contributed by atoms with van der Waals surface area (Å²) in [5.41, 5.74) is 0.815. The molecule has 0 bridgehead atoms. The predicted octanol–water partition coefficient (Wildman–Crippen LogP) is 3.28. The highest BCUT2D eigenvalue weighted by atomic mass is 16.7. The molecule has 2 rings (SSSR count). The molecule has 0 unspecified atom stereocenters. The van der Waals surface area contributed by atoms with Crippen LogP contribution in [0.2, 0.25) is 0 Å². The Balaban J connectivity index is 2.14. The minimum absolute atomic E-state index is 0.159. The minimum Gasteiger partial charge on any atom is -0.400 e. The van der Waals surface area contributed by atoms with Crippen LogP contribution in [0.3, 0.4) is 0 Å². The molecular weight excluding hydrogens is 199 g/mol. The molecular formula is C13H21BO2. The molecule has 2 aliphatic rings. The van der Waals surface area contributed by atoms with Gasteiger partial charge in [0.05, 0.1) is 11.2 Å². The van der Waals surface area contributed by atoms with E-state index >= 15 is 0 Å². The van der Waals surface area contributed by atoms with Gasteiger partial charge in [-0.1, -0.05) is 18.2 Å². The Kier molecular flexibility index (Phi) is 3.02. The van der Waals surface area contributed by atoms with E-state index in [1.54, 1.807) is 0 Å². The molecule has 0 saturated carbocycles. The zero-order valence-electron chi connectivity index (χ0n) is 10.7. The van der Waals surface area contributed by atoms with Gasteiger partial charge in [0, 0.05) is 0 Å². The van der Waals surface area contributed by atoms with Gasteiger partial charge in [0.1, 0.15) is 0 Å². The standard InChI is InChI=1S/C13H21BO2/c1-12(2)13(3,4)16-14(15-12)11-9-7-5-6-8-10-11/h5,7,9H,6,8,10H2,1-4H3. The lowest BCUT2D eigenvalue weighted by molar-refractivity contribution is 0.00578. The molecule has 1 aliphatic heterocycles. The van der Waals surface area contributed by atoms with Crippen LogP contribution in [-0.2, 0) is 9.31 Å². The second kappa shape index (κ2) is 4.04. The fourth-order valence-corrected chi connectivity index (χ4v) is 1.99. The Morgan fingerprint density at radius 3 is 2.38 bits per heavy atom. The quantitative estimate of drug-likeness (QED) is 0.631. The normalized spacial score (nSPS) is 27.8.